The SMILES string of the molecule is CC.COCCN(C)c1cnc2cc(CN)ccn12. The lowest BCUT2D eigenvalue weighted by Gasteiger charge is -2.17. The fraction of sp³-hybridized carbons (Fsp3) is 0.500. The normalized spacial score (nSPS) is 10.2. The van der Waals surface area contributed by atoms with Crippen molar-refractivity contribution in [3.63, 3.8) is 0 Å². The average Bonchev–Trinajstić information content (AvgIpc) is 2.89. The topological polar surface area (TPSA) is 55.8 Å². The molecular formula is C14H24N4O. The average molecular weight is 264 g/mol. The maximum Gasteiger partial charge on any atom is 0.138 e. The third-order valence-corrected chi connectivity index (χ3v) is 2.82. The van der Waals surface area contributed by atoms with Crippen LogP contribution in [-0.2, 0) is 11.3 Å². The number of hydrogen-bond acceptors (Lipinski definition) is 4. The van der Waals surface area contributed by atoms with E-state index >= 15 is 0 Å². The van der Waals surface area contributed by atoms with Crippen LogP contribution in [0.3, 0.4) is 0 Å². The van der Waals surface area contributed by atoms with Crippen LogP contribution in [0.25, 0.3) is 5.65 Å². The van der Waals surface area contributed by atoms with Crippen molar-refractivity contribution < 1.29 is 4.74 Å². The van der Waals surface area contributed by atoms with Gasteiger partial charge in [0.1, 0.15) is 11.5 Å². The molecule has 5 nitrogen and oxygen atoms in total. The van der Waals surface area contributed by atoms with E-state index in [2.05, 4.69) is 14.3 Å². The number of pyridine rings is 1. The Balaban J connectivity index is 0.000000861. The maximum absolute atomic E-state index is 5.61. The molecule has 0 fully saturated rings. The number of methoxy groups -OCH3 is 1. The molecule has 0 unspecified atom stereocenters. The van der Waals surface area contributed by atoms with E-state index in [4.69, 9.17) is 10.5 Å². The van der Waals surface area contributed by atoms with E-state index in [0.717, 1.165) is 23.6 Å². The van der Waals surface area contributed by atoms with Crippen LogP contribution in [0.15, 0.2) is 24.5 Å². The highest BCUT2D eigenvalue weighted by molar-refractivity contribution is 5.52. The van der Waals surface area contributed by atoms with Crippen molar-refractivity contribution in [2.24, 2.45) is 5.73 Å². The zero-order valence-electron chi connectivity index (χ0n) is 12.3. The van der Waals surface area contributed by atoms with Gasteiger partial charge in [0.2, 0.25) is 0 Å². The maximum atomic E-state index is 5.61. The number of nitrogens with two attached hydrogens (primary N) is 1. The smallest absolute Gasteiger partial charge is 0.138 e. The van der Waals surface area contributed by atoms with Crippen molar-refractivity contribution in [3.8, 4) is 0 Å². The third kappa shape index (κ3) is 3.68. The van der Waals surface area contributed by atoms with Gasteiger partial charge in [-0.05, 0) is 17.7 Å². The minimum Gasteiger partial charge on any atom is -0.383 e. The quantitative estimate of drug-likeness (QED) is 0.896. The molecule has 0 aliphatic rings. The molecule has 0 radical (unpaired) electrons. The van der Waals surface area contributed by atoms with Crippen molar-refractivity contribution in [2.45, 2.75) is 20.4 Å². The van der Waals surface area contributed by atoms with Gasteiger partial charge in [0.15, 0.2) is 0 Å². The summed E-state index contributed by atoms with van der Waals surface area (Å²) >= 11 is 0. The van der Waals surface area contributed by atoms with E-state index in [9.17, 15) is 0 Å². The Morgan fingerprint density at radius 2 is 2.16 bits per heavy atom. The van der Waals surface area contributed by atoms with Crippen LogP contribution in [0.5, 0.6) is 0 Å². The summed E-state index contributed by atoms with van der Waals surface area (Å²) in [5, 5.41) is 0. The lowest BCUT2D eigenvalue weighted by molar-refractivity contribution is 0.206. The Morgan fingerprint density at radius 1 is 1.42 bits per heavy atom. The summed E-state index contributed by atoms with van der Waals surface area (Å²) in [4.78, 5) is 6.50. The Bertz CT molecular complexity index is 495. The van der Waals surface area contributed by atoms with Gasteiger partial charge in [0.05, 0.1) is 12.8 Å². The van der Waals surface area contributed by atoms with Gasteiger partial charge >= 0.3 is 0 Å². The highest BCUT2D eigenvalue weighted by Crippen LogP contribution is 2.16. The van der Waals surface area contributed by atoms with E-state index in [1.165, 1.54) is 0 Å². The first-order chi connectivity index (χ1) is 9.26. The molecule has 0 atom stereocenters. The van der Waals surface area contributed by atoms with E-state index in [1.807, 2.05) is 45.4 Å². The molecule has 0 saturated heterocycles. The van der Waals surface area contributed by atoms with Crippen molar-refractivity contribution in [3.05, 3.63) is 30.1 Å². The summed E-state index contributed by atoms with van der Waals surface area (Å²) in [6.07, 6.45) is 3.87. The summed E-state index contributed by atoms with van der Waals surface area (Å²) in [6, 6.07) is 4.02. The van der Waals surface area contributed by atoms with Gasteiger partial charge < -0.3 is 15.4 Å². The summed E-state index contributed by atoms with van der Waals surface area (Å²) in [7, 11) is 3.73. The molecule has 2 rings (SSSR count). The lowest BCUT2D eigenvalue weighted by Crippen LogP contribution is -2.23. The van der Waals surface area contributed by atoms with Gasteiger partial charge in [0.25, 0.3) is 0 Å². The van der Waals surface area contributed by atoms with Crippen LogP contribution in [-0.4, -0.2) is 36.7 Å². The monoisotopic (exact) mass is 264 g/mol. The van der Waals surface area contributed by atoms with Crippen molar-refractivity contribution >= 4 is 11.5 Å². The number of rotatable bonds is 5. The Kier molecular flexibility index (Phi) is 6.32. The second-order valence-corrected chi connectivity index (χ2v) is 4.00. The number of hydrogen-bond donors (Lipinski definition) is 1. The summed E-state index contributed by atoms with van der Waals surface area (Å²) in [6.45, 7) is 6.08. The molecule has 2 aromatic rings. The van der Waals surface area contributed by atoms with Gasteiger partial charge in [-0.3, -0.25) is 4.40 Å². The van der Waals surface area contributed by atoms with Crippen LogP contribution in [0, 0.1) is 0 Å². The Labute approximate surface area is 115 Å². The van der Waals surface area contributed by atoms with Crippen LogP contribution in [0.1, 0.15) is 19.4 Å². The number of imidazole rings is 1. The van der Waals surface area contributed by atoms with E-state index in [0.29, 0.717) is 13.2 Å². The van der Waals surface area contributed by atoms with Gasteiger partial charge in [-0.25, -0.2) is 4.98 Å². The van der Waals surface area contributed by atoms with Crippen LogP contribution in [0.2, 0.25) is 0 Å². The fourth-order valence-electron chi connectivity index (χ4n) is 1.76. The summed E-state index contributed by atoms with van der Waals surface area (Å²) in [5.41, 5.74) is 7.62. The minimum atomic E-state index is 0.540. The molecule has 0 aromatic carbocycles. The molecule has 5 heteroatoms. The van der Waals surface area contributed by atoms with Gasteiger partial charge in [-0.2, -0.15) is 0 Å². The summed E-state index contributed by atoms with van der Waals surface area (Å²) in [5.74, 6) is 1.06. The predicted molar refractivity (Wildman–Crippen MR) is 79.6 cm³/mol. The zero-order valence-corrected chi connectivity index (χ0v) is 12.3. The van der Waals surface area contributed by atoms with Crippen LogP contribution < -0.4 is 10.6 Å². The predicted octanol–water partition coefficient (Wildman–Crippen LogP) is 1.90. The molecular weight excluding hydrogens is 240 g/mol. The second kappa shape index (κ2) is 7.76. The molecule has 0 spiro atoms. The molecule has 106 valence electrons. The first-order valence-electron chi connectivity index (χ1n) is 6.62. The van der Waals surface area contributed by atoms with E-state index in [-0.39, 0.29) is 0 Å². The van der Waals surface area contributed by atoms with E-state index < -0.39 is 0 Å². The summed E-state index contributed by atoms with van der Waals surface area (Å²) < 4.78 is 7.12. The number of fused-ring (bicyclic) bond motifs is 1. The number of ether oxygens (including phenoxy) is 1. The number of anilines is 1. The number of aromatic nitrogens is 2. The first-order valence-corrected chi connectivity index (χ1v) is 6.62. The van der Waals surface area contributed by atoms with Crippen molar-refractivity contribution in [1.82, 2.24) is 9.38 Å². The van der Waals surface area contributed by atoms with Gasteiger partial charge in [-0.1, -0.05) is 13.8 Å². The first kappa shape index (κ1) is 15.5. The van der Waals surface area contributed by atoms with E-state index in [1.54, 1.807) is 7.11 Å². The lowest BCUT2D eigenvalue weighted by atomic mass is 10.3. The van der Waals surface area contributed by atoms with Crippen molar-refractivity contribution in [1.29, 1.82) is 0 Å². The largest absolute Gasteiger partial charge is 0.383 e. The fourth-order valence-corrected chi connectivity index (χ4v) is 1.76. The Hall–Kier alpha value is -1.59. The minimum absolute atomic E-state index is 0.540. The molecule has 2 aromatic heterocycles. The molecule has 0 aliphatic carbocycles. The molecule has 0 bridgehead atoms. The Morgan fingerprint density at radius 3 is 2.79 bits per heavy atom. The number of likely N-dealkylation sites (N-methyl/N-ethyl adjacent to an activating group) is 1. The van der Waals surface area contributed by atoms with Crippen molar-refractivity contribution in [2.75, 3.05) is 32.2 Å². The van der Waals surface area contributed by atoms with Gasteiger partial charge in [-0.15, -0.1) is 0 Å². The molecule has 0 aliphatic heterocycles. The molecule has 2 heterocycles. The third-order valence-electron chi connectivity index (χ3n) is 2.82. The van der Waals surface area contributed by atoms with Crippen LogP contribution >= 0.6 is 0 Å². The number of nitrogens with zero attached hydrogens (tertiary/aromatic N) is 3. The molecule has 0 amide bonds. The second-order valence-electron chi connectivity index (χ2n) is 4.00. The van der Waals surface area contributed by atoms with Gasteiger partial charge in [0, 0.05) is 33.4 Å². The van der Waals surface area contributed by atoms with Crippen LogP contribution in [0.4, 0.5) is 5.82 Å². The highest BCUT2D eigenvalue weighted by atomic mass is 16.5. The highest BCUT2D eigenvalue weighted by Gasteiger charge is 2.07. The molecule has 0 saturated carbocycles. The zero-order chi connectivity index (χ0) is 14.3. The molecule has 2 N–H and O–H groups in total. The standard InChI is InChI=1S/C12H18N4O.C2H6/c1-15(5-6-17-2)12-9-14-11-7-10(8-13)3-4-16(11)12;1-2/h3-4,7,9H,5-6,8,13H2,1-2H3;1-2H3. The molecule has 19 heavy (non-hydrogen) atoms.